The number of rotatable bonds is 7. The molecular weight excluding hydrogens is 877 g/mol. The zero-order valence-corrected chi connectivity index (χ0v) is 37.1. The number of hydrogen-bond acceptors (Lipinski definition) is 3. The van der Waals surface area contributed by atoms with Crippen LogP contribution in [0.3, 0.4) is 0 Å². The van der Waals surface area contributed by atoms with Gasteiger partial charge in [-0.2, -0.15) is 0 Å². The van der Waals surface area contributed by atoms with Gasteiger partial charge in [0.15, 0.2) is 0 Å². The number of benzene rings is 5. The van der Waals surface area contributed by atoms with Crippen molar-refractivity contribution >= 4 is 35.2 Å². The van der Waals surface area contributed by atoms with Crippen LogP contribution < -0.4 is 5.19 Å². The number of fused-ring (bicyclic) bond motifs is 3. The Hall–Kier alpha value is -4.93. The van der Waals surface area contributed by atoms with Crippen LogP contribution in [-0.2, 0) is 26.5 Å². The van der Waals surface area contributed by atoms with Gasteiger partial charge in [-0.1, -0.05) is 149 Å². The molecule has 0 fully saturated rings. The fourth-order valence-corrected chi connectivity index (χ4v) is 8.73. The zero-order valence-electron chi connectivity index (χ0n) is 33.7. The summed E-state index contributed by atoms with van der Waals surface area (Å²) in [6.45, 7) is 18.5. The molecule has 0 amide bonds. The van der Waals surface area contributed by atoms with E-state index in [2.05, 4.69) is 175 Å². The van der Waals surface area contributed by atoms with Crippen LogP contribution in [0.1, 0.15) is 51.7 Å². The molecule has 0 bridgehead atoms. The van der Waals surface area contributed by atoms with Crippen LogP contribution in [0.2, 0.25) is 19.6 Å². The van der Waals surface area contributed by atoms with Crippen molar-refractivity contribution in [2.75, 3.05) is 0 Å². The van der Waals surface area contributed by atoms with Crippen LogP contribution in [-0.4, -0.2) is 18.0 Å². The van der Waals surface area contributed by atoms with Crippen LogP contribution in [0.4, 0.5) is 0 Å². The van der Waals surface area contributed by atoms with Crippen LogP contribution >= 0.6 is 0 Å². The average molecular weight is 927 g/mol. The van der Waals surface area contributed by atoms with Gasteiger partial charge >= 0.3 is 0 Å². The molecule has 285 valence electrons. The van der Waals surface area contributed by atoms with E-state index in [9.17, 15) is 0 Å². The van der Waals surface area contributed by atoms with Crippen molar-refractivity contribution in [3.05, 3.63) is 163 Å². The molecule has 0 saturated carbocycles. The SMILES string of the molecule is CC(C)(C)Cc1cc(-c2[c-]cccc2)ncc1[Si](C)(C)C.CC(C)c1ccnc(-c2[c-]ccc3c2oc2cc(-c4cccc(-c5ccccc5)c4)ccc23)c1.[Ir]. The van der Waals surface area contributed by atoms with Crippen LogP contribution in [0.5, 0.6) is 0 Å². The summed E-state index contributed by atoms with van der Waals surface area (Å²) < 4.78 is 6.44. The van der Waals surface area contributed by atoms with Gasteiger partial charge in [-0.05, 0) is 74.8 Å². The molecule has 5 heteroatoms. The van der Waals surface area contributed by atoms with E-state index in [0.717, 1.165) is 56.4 Å². The van der Waals surface area contributed by atoms with Gasteiger partial charge in [0.25, 0.3) is 0 Å². The molecule has 1 radical (unpaired) electrons. The van der Waals surface area contributed by atoms with E-state index in [1.54, 1.807) is 0 Å². The van der Waals surface area contributed by atoms with Gasteiger partial charge in [0.2, 0.25) is 0 Å². The number of pyridine rings is 2. The van der Waals surface area contributed by atoms with Crippen LogP contribution in [0.15, 0.2) is 144 Å². The van der Waals surface area contributed by atoms with Crippen molar-refractivity contribution in [2.45, 2.75) is 66.6 Å². The largest absolute Gasteiger partial charge is 0.501 e. The summed E-state index contributed by atoms with van der Waals surface area (Å²) in [7, 11) is -1.37. The van der Waals surface area contributed by atoms with Crippen molar-refractivity contribution < 1.29 is 24.5 Å². The standard InChI is InChI=1S/C32H24NO.C19H26NSi.Ir/c1-21(2)23-16-17-33-30(19-23)29-13-7-12-28-27-15-14-26(20-31(27)34-32(28)29)25-11-6-10-24(18-25)22-8-4-3-5-9-22;1-19(2,3)13-16-12-17(15-10-8-7-9-11-15)20-14-18(16)21(4,5)6;/h3-12,14-21H,1-2H3;7-10,12,14H,13H2,1-6H3;/q2*-1;. The number of aromatic nitrogens is 2. The maximum atomic E-state index is 6.44. The molecule has 0 atom stereocenters. The predicted molar refractivity (Wildman–Crippen MR) is 235 cm³/mol. The molecule has 8 rings (SSSR count). The smallest absolute Gasteiger partial charge is 0.121 e. The minimum Gasteiger partial charge on any atom is -0.501 e. The second kappa shape index (κ2) is 17.1. The Morgan fingerprint density at radius 1 is 0.661 bits per heavy atom. The molecule has 5 aromatic carbocycles. The summed E-state index contributed by atoms with van der Waals surface area (Å²) in [5, 5.41) is 3.68. The molecule has 3 nitrogen and oxygen atoms in total. The van der Waals surface area contributed by atoms with Crippen molar-refractivity contribution in [1.29, 1.82) is 0 Å². The van der Waals surface area contributed by atoms with Gasteiger partial charge in [-0.25, -0.2) is 0 Å². The topological polar surface area (TPSA) is 38.9 Å². The van der Waals surface area contributed by atoms with Gasteiger partial charge in [0, 0.05) is 37.9 Å². The van der Waals surface area contributed by atoms with Gasteiger partial charge in [0.1, 0.15) is 5.58 Å². The Kier molecular flexibility index (Phi) is 12.4. The molecule has 0 unspecified atom stereocenters. The Bertz CT molecular complexity index is 2560. The van der Waals surface area contributed by atoms with E-state index >= 15 is 0 Å². The molecule has 0 saturated heterocycles. The summed E-state index contributed by atoms with van der Waals surface area (Å²) in [6, 6.07) is 50.9. The minimum atomic E-state index is -1.37. The fourth-order valence-electron chi connectivity index (χ4n) is 7.15. The average Bonchev–Trinajstić information content (AvgIpc) is 3.56. The molecule has 0 aliphatic heterocycles. The first-order valence-electron chi connectivity index (χ1n) is 19.3. The van der Waals surface area contributed by atoms with Gasteiger partial charge in [-0.3, -0.25) is 0 Å². The van der Waals surface area contributed by atoms with E-state index in [1.165, 1.54) is 33.0 Å². The van der Waals surface area contributed by atoms with E-state index in [0.29, 0.717) is 5.92 Å². The van der Waals surface area contributed by atoms with E-state index in [-0.39, 0.29) is 25.5 Å². The van der Waals surface area contributed by atoms with Gasteiger partial charge in [0.05, 0.1) is 13.7 Å². The van der Waals surface area contributed by atoms with Crippen molar-refractivity contribution in [3.63, 3.8) is 0 Å². The Morgan fingerprint density at radius 2 is 1.38 bits per heavy atom. The van der Waals surface area contributed by atoms with Gasteiger partial charge in [-0.15, -0.1) is 54.1 Å². The van der Waals surface area contributed by atoms with Crippen molar-refractivity contribution in [3.8, 4) is 44.8 Å². The molecule has 0 aliphatic carbocycles. The molecule has 0 spiro atoms. The first-order chi connectivity index (χ1) is 26.3. The Labute approximate surface area is 347 Å². The maximum absolute atomic E-state index is 6.44. The molecular formula is C51H50IrN2OSi-2. The molecule has 3 aromatic heterocycles. The number of nitrogens with zero attached hydrogens (tertiary/aromatic N) is 2. The number of furan rings is 1. The number of hydrogen-bond donors (Lipinski definition) is 0. The molecule has 56 heavy (non-hydrogen) atoms. The molecule has 0 aliphatic rings. The van der Waals surface area contributed by atoms with E-state index in [1.807, 2.05) is 36.5 Å². The summed E-state index contributed by atoms with van der Waals surface area (Å²) >= 11 is 0. The Balaban J connectivity index is 0.000000209. The summed E-state index contributed by atoms with van der Waals surface area (Å²) in [6.07, 6.45) is 5.08. The predicted octanol–water partition coefficient (Wildman–Crippen LogP) is 13.6. The van der Waals surface area contributed by atoms with Crippen LogP contribution in [0.25, 0.3) is 66.7 Å². The summed E-state index contributed by atoms with van der Waals surface area (Å²) in [5.41, 5.74) is 13.4. The fraction of sp³-hybridized carbons (Fsp3) is 0.216. The third kappa shape index (κ3) is 9.36. The minimum absolute atomic E-state index is 0. The Morgan fingerprint density at radius 3 is 2.07 bits per heavy atom. The first kappa shape index (κ1) is 40.7. The van der Waals surface area contributed by atoms with Crippen molar-refractivity contribution in [1.82, 2.24) is 9.97 Å². The van der Waals surface area contributed by atoms with Crippen LogP contribution in [0, 0.1) is 17.5 Å². The summed E-state index contributed by atoms with van der Waals surface area (Å²) in [4.78, 5) is 9.33. The van der Waals surface area contributed by atoms with E-state index in [4.69, 9.17) is 9.40 Å². The second-order valence-corrected chi connectivity index (χ2v) is 22.0. The normalized spacial score (nSPS) is 11.7. The second-order valence-electron chi connectivity index (χ2n) is 17.0. The zero-order chi connectivity index (χ0) is 38.7. The quantitative estimate of drug-likeness (QED) is 0.118. The maximum Gasteiger partial charge on any atom is 0.121 e. The monoisotopic (exact) mass is 927 g/mol. The third-order valence-corrected chi connectivity index (χ3v) is 12.0. The third-order valence-electron chi connectivity index (χ3n) is 9.95. The molecule has 0 N–H and O–H groups in total. The molecule has 8 aromatic rings. The van der Waals surface area contributed by atoms with Crippen molar-refractivity contribution in [2.24, 2.45) is 5.41 Å². The van der Waals surface area contributed by atoms with E-state index < -0.39 is 8.07 Å². The first-order valence-corrected chi connectivity index (χ1v) is 22.8. The van der Waals surface area contributed by atoms with Gasteiger partial charge < -0.3 is 14.4 Å². The molecule has 3 heterocycles. The summed E-state index contributed by atoms with van der Waals surface area (Å²) in [5.74, 6) is 0.436.